The van der Waals surface area contributed by atoms with Crippen LogP contribution in [0.3, 0.4) is 0 Å². The number of hydrogen-bond donors (Lipinski definition) is 2. The van der Waals surface area contributed by atoms with E-state index in [-0.39, 0.29) is 12.5 Å². The second-order valence-corrected chi connectivity index (χ2v) is 6.70. The topological polar surface area (TPSA) is 62.2 Å². The second kappa shape index (κ2) is 9.05. The van der Waals surface area contributed by atoms with Crippen LogP contribution in [-0.2, 0) is 10.5 Å². The lowest BCUT2D eigenvalue weighted by Gasteiger charge is -2.27. The third-order valence-electron chi connectivity index (χ3n) is 3.92. The van der Waals surface area contributed by atoms with Crippen LogP contribution < -0.4 is 5.32 Å². The molecule has 1 aromatic heterocycles. The fourth-order valence-corrected chi connectivity index (χ4v) is 3.47. The lowest BCUT2D eigenvalue weighted by Crippen LogP contribution is -2.38. The molecule has 1 aliphatic carbocycles. The van der Waals surface area contributed by atoms with Crippen LogP contribution >= 0.6 is 11.8 Å². The predicted molar refractivity (Wildman–Crippen MR) is 86.0 cm³/mol. The molecule has 0 unspecified atom stereocenters. The monoisotopic (exact) mass is 308 g/mol. The first kappa shape index (κ1) is 16.3. The van der Waals surface area contributed by atoms with Crippen LogP contribution in [0.2, 0.25) is 0 Å². The van der Waals surface area contributed by atoms with E-state index in [1.807, 2.05) is 18.2 Å². The van der Waals surface area contributed by atoms with Gasteiger partial charge >= 0.3 is 0 Å². The third kappa shape index (κ3) is 6.06. The number of aliphatic hydroxyl groups excluding tert-OH is 1. The molecule has 21 heavy (non-hydrogen) atoms. The minimum absolute atomic E-state index is 0.149. The summed E-state index contributed by atoms with van der Waals surface area (Å²) in [6.07, 6.45) is 6.41. The Morgan fingerprint density at radius 2 is 2.14 bits per heavy atom. The molecule has 5 heteroatoms. The average molecular weight is 308 g/mol. The Kier molecular flexibility index (Phi) is 7.03. The predicted octanol–water partition coefficient (Wildman–Crippen LogP) is 2.37. The fourth-order valence-electron chi connectivity index (χ4n) is 2.61. The number of carbonyl (C=O) groups is 1. The Morgan fingerprint density at radius 1 is 1.33 bits per heavy atom. The SMILES string of the molecule is O=C(CCSCc1ccccn1)NC1CCC(CO)CC1. The number of nitrogens with one attached hydrogen (secondary N) is 1. The molecule has 0 atom stereocenters. The third-order valence-corrected chi connectivity index (χ3v) is 4.91. The summed E-state index contributed by atoms with van der Waals surface area (Å²) >= 11 is 1.74. The molecule has 1 amide bonds. The summed E-state index contributed by atoms with van der Waals surface area (Å²) in [6, 6.07) is 6.21. The van der Waals surface area contributed by atoms with Crippen molar-refractivity contribution in [2.45, 2.75) is 43.9 Å². The summed E-state index contributed by atoms with van der Waals surface area (Å²) in [5.41, 5.74) is 1.06. The van der Waals surface area contributed by atoms with Gasteiger partial charge in [0.15, 0.2) is 0 Å². The van der Waals surface area contributed by atoms with Crippen LogP contribution in [0.5, 0.6) is 0 Å². The van der Waals surface area contributed by atoms with Crippen LogP contribution in [0.1, 0.15) is 37.8 Å². The van der Waals surface area contributed by atoms with E-state index in [0.717, 1.165) is 42.9 Å². The Labute approximate surface area is 130 Å². The number of carbonyl (C=O) groups excluding carboxylic acids is 1. The van der Waals surface area contributed by atoms with E-state index in [4.69, 9.17) is 5.11 Å². The minimum atomic E-state index is 0.149. The van der Waals surface area contributed by atoms with Crippen molar-refractivity contribution in [3.05, 3.63) is 30.1 Å². The van der Waals surface area contributed by atoms with Crippen molar-refractivity contribution < 1.29 is 9.90 Å². The van der Waals surface area contributed by atoms with Gasteiger partial charge in [-0.15, -0.1) is 0 Å². The maximum atomic E-state index is 11.9. The highest BCUT2D eigenvalue weighted by molar-refractivity contribution is 7.98. The second-order valence-electron chi connectivity index (χ2n) is 5.59. The molecule has 0 aliphatic heterocycles. The van der Waals surface area contributed by atoms with Crippen molar-refractivity contribution >= 4 is 17.7 Å². The molecule has 1 aliphatic rings. The van der Waals surface area contributed by atoms with Crippen molar-refractivity contribution in [2.75, 3.05) is 12.4 Å². The summed E-state index contributed by atoms with van der Waals surface area (Å²) in [6.45, 7) is 0.283. The number of hydrogen-bond acceptors (Lipinski definition) is 4. The Morgan fingerprint density at radius 3 is 2.81 bits per heavy atom. The van der Waals surface area contributed by atoms with E-state index < -0.39 is 0 Å². The van der Waals surface area contributed by atoms with Crippen molar-refractivity contribution in [2.24, 2.45) is 5.92 Å². The molecule has 1 fully saturated rings. The molecule has 4 nitrogen and oxygen atoms in total. The first-order chi connectivity index (χ1) is 10.3. The molecule has 0 saturated heterocycles. The minimum Gasteiger partial charge on any atom is -0.396 e. The number of aliphatic hydroxyl groups is 1. The van der Waals surface area contributed by atoms with E-state index in [0.29, 0.717) is 18.4 Å². The van der Waals surface area contributed by atoms with E-state index in [1.54, 1.807) is 18.0 Å². The van der Waals surface area contributed by atoms with Crippen molar-refractivity contribution in [3.63, 3.8) is 0 Å². The highest BCUT2D eigenvalue weighted by Gasteiger charge is 2.21. The van der Waals surface area contributed by atoms with Crippen LogP contribution in [0.4, 0.5) is 0 Å². The first-order valence-electron chi connectivity index (χ1n) is 7.66. The summed E-state index contributed by atoms with van der Waals surface area (Å²) in [4.78, 5) is 16.1. The number of nitrogens with zero attached hydrogens (tertiary/aromatic N) is 1. The number of thioether (sulfide) groups is 1. The molecule has 0 bridgehead atoms. The maximum Gasteiger partial charge on any atom is 0.221 e. The molecule has 0 radical (unpaired) electrons. The molecule has 0 spiro atoms. The molecular formula is C16H24N2O2S. The van der Waals surface area contributed by atoms with Crippen LogP contribution in [0.25, 0.3) is 0 Å². The smallest absolute Gasteiger partial charge is 0.221 e. The molecule has 2 N–H and O–H groups in total. The van der Waals surface area contributed by atoms with Crippen LogP contribution in [-0.4, -0.2) is 34.4 Å². The zero-order chi connectivity index (χ0) is 14.9. The molecule has 1 heterocycles. The largest absolute Gasteiger partial charge is 0.396 e. The number of rotatable bonds is 7. The number of amides is 1. The quantitative estimate of drug-likeness (QED) is 0.759. The van der Waals surface area contributed by atoms with Crippen molar-refractivity contribution in [1.82, 2.24) is 10.3 Å². The summed E-state index contributed by atoms with van der Waals surface area (Å²) in [5.74, 6) is 2.27. The molecule has 1 aromatic rings. The maximum absolute atomic E-state index is 11.9. The number of pyridine rings is 1. The van der Waals surface area contributed by atoms with E-state index in [2.05, 4.69) is 10.3 Å². The van der Waals surface area contributed by atoms with E-state index in [9.17, 15) is 4.79 Å². The molecule has 116 valence electrons. The van der Waals surface area contributed by atoms with Gasteiger partial charge < -0.3 is 10.4 Å². The highest BCUT2D eigenvalue weighted by atomic mass is 32.2. The van der Waals surface area contributed by atoms with Gasteiger partial charge in [0.1, 0.15) is 0 Å². The van der Waals surface area contributed by atoms with Gasteiger partial charge in [-0.05, 0) is 43.7 Å². The average Bonchev–Trinajstić information content (AvgIpc) is 2.53. The summed E-state index contributed by atoms with van der Waals surface area (Å²) in [5, 5.41) is 12.2. The van der Waals surface area contributed by atoms with Gasteiger partial charge in [-0.25, -0.2) is 0 Å². The molecule has 2 rings (SSSR count). The van der Waals surface area contributed by atoms with Crippen LogP contribution in [0.15, 0.2) is 24.4 Å². The Hall–Kier alpha value is -1.07. The lowest BCUT2D eigenvalue weighted by atomic mass is 9.86. The molecule has 0 aromatic carbocycles. The van der Waals surface area contributed by atoms with Crippen molar-refractivity contribution in [1.29, 1.82) is 0 Å². The van der Waals surface area contributed by atoms with Gasteiger partial charge in [-0.3, -0.25) is 9.78 Å². The van der Waals surface area contributed by atoms with E-state index in [1.165, 1.54) is 0 Å². The molecule has 1 saturated carbocycles. The van der Waals surface area contributed by atoms with Gasteiger partial charge in [0.2, 0.25) is 5.91 Å². The van der Waals surface area contributed by atoms with Gasteiger partial charge in [0.05, 0.1) is 5.69 Å². The fraction of sp³-hybridized carbons (Fsp3) is 0.625. The Balaban J connectivity index is 1.56. The normalized spacial score (nSPS) is 22.0. The van der Waals surface area contributed by atoms with Gasteiger partial charge in [-0.1, -0.05) is 6.07 Å². The highest BCUT2D eigenvalue weighted by Crippen LogP contribution is 2.23. The number of aromatic nitrogens is 1. The Bertz CT molecular complexity index is 420. The lowest BCUT2D eigenvalue weighted by molar-refractivity contribution is -0.121. The van der Waals surface area contributed by atoms with Crippen LogP contribution in [0, 0.1) is 5.92 Å². The summed E-state index contributed by atoms with van der Waals surface area (Å²) in [7, 11) is 0. The van der Waals surface area contributed by atoms with E-state index >= 15 is 0 Å². The standard InChI is InChI=1S/C16H24N2O2S/c19-11-13-4-6-14(7-5-13)18-16(20)8-10-21-12-15-3-1-2-9-17-15/h1-3,9,13-14,19H,4-8,10-12H2,(H,18,20). The van der Waals surface area contributed by atoms with Crippen molar-refractivity contribution in [3.8, 4) is 0 Å². The summed E-state index contributed by atoms with van der Waals surface area (Å²) < 4.78 is 0. The van der Waals surface area contributed by atoms with Gasteiger partial charge in [0, 0.05) is 36.8 Å². The zero-order valence-electron chi connectivity index (χ0n) is 12.3. The van der Waals surface area contributed by atoms with Gasteiger partial charge in [0.25, 0.3) is 0 Å². The van der Waals surface area contributed by atoms with Gasteiger partial charge in [-0.2, -0.15) is 11.8 Å². The first-order valence-corrected chi connectivity index (χ1v) is 8.81. The zero-order valence-corrected chi connectivity index (χ0v) is 13.1. The molecular weight excluding hydrogens is 284 g/mol.